The first kappa shape index (κ1) is 13.2. The van der Waals surface area contributed by atoms with E-state index in [1.165, 1.54) is 6.20 Å². The number of fused-ring (bicyclic) bond motifs is 1. The SMILES string of the molecule is Cc1ccc(OCCc2cn3oc(=O)c(=O)oc3n2)cc1. The third-order valence-electron chi connectivity index (χ3n) is 2.87. The first-order chi connectivity index (χ1) is 10.1. The Morgan fingerprint density at radius 1 is 1.19 bits per heavy atom. The molecule has 1 aromatic carbocycles. The normalized spacial score (nSPS) is 10.9. The number of rotatable bonds is 4. The Bertz CT molecular complexity index is 826. The standard InChI is InChI=1S/C14H12N2O5/c1-9-2-4-11(5-3-9)19-7-6-10-8-16-14(15-10)20-12(17)13(18)21-16/h2-5,8H,6-7H2,1H3. The number of benzene rings is 1. The topological polar surface area (TPSA) is 87.0 Å². The zero-order valence-corrected chi connectivity index (χ0v) is 11.2. The lowest BCUT2D eigenvalue weighted by Crippen LogP contribution is -2.22. The lowest BCUT2D eigenvalue weighted by Gasteiger charge is -2.04. The molecule has 0 bridgehead atoms. The fourth-order valence-electron chi connectivity index (χ4n) is 1.80. The number of aryl methyl sites for hydroxylation is 1. The Morgan fingerprint density at radius 2 is 1.95 bits per heavy atom. The third-order valence-corrected chi connectivity index (χ3v) is 2.87. The zero-order chi connectivity index (χ0) is 14.8. The minimum absolute atomic E-state index is 0.0510. The van der Waals surface area contributed by atoms with Crippen LogP contribution in [0.15, 0.2) is 49.0 Å². The lowest BCUT2D eigenvalue weighted by atomic mass is 10.2. The van der Waals surface area contributed by atoms with Crippen LogP contribution in [0.2, 0.25) is 0 Å². The Kier molecular flexibility index (Phi) is 3.31. The molecule has 3 rings (SSSR count). The van der Waals surface area contributed by atoms with Crippen molar-refractivity contribution in [2.75, 3.05) is 6.61 Å². The van der Waals surface area contributed by atoms with E-state index in [0.29, 0.717) is 18.7 Å². The summed E-state index contributed by atoms with van der Waals surface area (Å²) < 4.78 is 16.0. The van der Waals surface area contributed by atoms with Crippen LogP contribution in [0.5, 0.6) is 5.75 Å². The average Bonchev–Trinajstić information content (AvgIpc) is 2.83. The lowest BCUT2D eigenvalue weighted by molar-refractivity contribution is 0.275. The van der Waals surface area contributed by atoms with E-state index in [-0.39, 0.29) is 5.84 Å². The number of nitrogens with zero attached hydrogens (tertiary/aromatic N) is 2. The second kappa shape index (κ2) is 5.28. The van der Waals surface area contributed by atoms with E-state index in [1.54, 1.807) is 0 Å². The summed E-state index contributed by atoms with van der Waals surface area (Å²) in [5, 5.41) is 0. The number of ether oxygens (including phenoxy) is 1. The van der Waals surface area contributed by atoms with Gasteiger partial charge in [-0.05, 0) is 19.1 Å². The molecule has 0 aliphatic heterocycles. The zero-order valence-electron chi connectivity index (χ0n) is 11.2. The van der Waals surface area contributed by atoms with Crippen molar-refractivity contribution in [3.8, 4) is 5.75 Å². The van der Waals surface area contributed by atoms with E-state index in [4.69, 9.17) is 13.7 Å². The van der Waals surface area contributed by atoms with Crippen molar-refractivity contribution in [2.45, 2.75) is 13.3 Å². The second-order valence-corrected chi connectivity index (χ2v) is 4.52. The molecule has 3 aromatic rings. The molecule has 108 valence electrons. The van der Waals surface area contributed by atoms with Crippen molar-refractivity contribution < 1.29 is 13.7 Å². The van der Waals surface area contributed by atoms with Crippen LogP contribution in [0.3, 0.4) is 0 Å². The minimum Gasteiger partial charge on any atom is -0.493 e. The maximum absolute atomic E-state index is 11.0. The van der Waals surface area contributed by atoms with Crippen LogP contribution < -0.4 is 16.0 Å². The maximum Gasteiger partial charge on any atom is 0.442 e. The fourth-order valence-corrected chi connectivity index (χ4v) is 1.80. The van der Waals surface area contributed by atoms with Crippen LogP contribution in [0, 0.1) is 6.92 Å². The summed E-state index contributed by atoms with van der Waals surface area (Å²) in [5.74, 6) is 0.715. The summed E-state index contributed by atoms with van der Waals surface area (Å²) in [6.07, 6.45) is 1.97. The molecule has 0 saturated heterocycles. The van der Waals surface area contributed by atoms with Gasteiger partial charge in [0.25, 0.3) is 0 Å². The average molecular weight is 288 g/mol. The molecule has 0 N–H and O–H groups in total. The van der Waals surface area contributed by atoms with Gasteiger partial charge in [0.2, 0.25) is 0 Å². The van der Waals surface area contributed by atoms with Crippen molar-refractivity contribution >= 4 is 5.84 Å². The minimum atomic E-state index is -1.07. The number of hydrogen-bond donors (Lipinski definition) is 0. The van der Waals surface area contributed by atoms with Gasteiger partial charge in [0.05, 0.1) is 18.5 Å². The molecule has 21 heavy (non-hydrogen) atoms. The third kappa shape index (κ3) is 2.86. The highest BCUT2D eigenvalue weighted by molar-refractivity contribution is 5.26. The van der Waals surface area contributed by atoms with Crippen molar-refractivity contribution in [3.05, 3.63) is 62.6 Å². The van der Waals surface area contributed by atoms with E-state index >= 15 is 0 Å². The number of imidazole rings is 1. The molecule has 2 aromatic heterocycles. The molecule has 0 atom stereocenters. The Morgan fingerprint density at radius 3 is 2.71 bits per heavy atom. The van der Waals surface area contributed by atoms with Crippen molar-refractivity contribution in [1.82, 2.24) is 9.56 Å². The van der Waals surface area contributed by atoms with Gasteiger partial charge < -0.3 is 13.7 Å². The highest BCUT2D eigenvalue weighted by Crippen LogP contribution is 2.12. The summed E-state index contributed by atoms with van der Waals surface area (Å²) in [7, 11) is 0. The summed E-state index contributed by atoms with van der Waals surface area (Å²) in [6.45, 7) is 2.41. The largest absolute Gasteiger partial charge is 0.493 e. The molecular formula is C14H12N2O5. The second-order valence-electron chi connectivity index (χ2n) is 4.52. The molecule has 0 aliphatic rings. The van der Waals surface area contributed by atoms with Crippen LogP contribution in [0.25, 0.3) is 5.84 Å². The van der Waals surface area contributed by atoms with Crippen LogP contribution in [0.4, 0.5) is 0 Å². The molecule has 7 heteroatoms. The fraction of sp³-hybridized carbons (Fsp3) is 0.214. The van der Waals surface area contributed by atoms with Crippen molar-refractivity contribution in [1.29, 1.82) is 0 Å². The van der Waals surface area contributed by atoms with Gasteiger partial charge in [0.15, 0.2) is 0 Å². The quantitative estimate of drug-likeness (QED) is 0.670. The van der Waals surface area contributed by atoms with Gasteiger partial charge >= 0.3 is 17.1 Å². The van der Waals surface area contributed by atoms with Gasteiger partial charge in [-0.3, -0.25) is 0 Å². The highest BCUT2D eigenvalue weighted by atomic mass is 16.6. The van der Waals surface area contributed by atoms with Crippen molar-refractivity contribution in [3.63, 3.8) is 0 Å². The summed E-state index contributed by atoms with van der Waals surface area (Å²) in [6, 6.07) is 7.70. The van der Waals surface area contributed by atoms with Gasteiger partial charge in [-0.2, -0.15) is 4.98 Å². The van der Waals surface area contributed by atoms with E-state index in [9.17, 15) is 9.59 Å². The van der Waals surface area contributed by atoms with Crippen molar-refractivity contribution in [2.24, 2.45) is 0 Å². The number of aromatic nitrogens is 2. The predicted molar refractivity (Wildman–Crippen MR) is 72.6 cm³/mol. The molecule has 0 aliphatic carbocycles. The van der Waals surface area contributed by atoms with Gasteiger partial charge in [-0.25, -0.2) is 9.59 Å². The molecule has 0 spiro atoms. The van der Waals surface area contributed by atoms with E-state index in [1.807, 2.05) is 31.2 Å². The first-order valence-corrected chi connectivity index (χ1v) is 6.34. The maximum atomic E-state index is 11.0. The summed E-state index contributed by atoms with van der Waals surface area (Å²) in [5.41, 5.74) is -0.384. The Hall–Kier alpha value is -2.83. The van der Waals surface area contributed by atoms with E-state index < -0.39 is 11.3 Å². The van der Waals surface area contributed by atoms with Gasteiger partial charge in [-0.15, -0.1) is 4.57 Å². The Labute approximate surface area is 118 Å². The summed E-state index contributed by atoms with van der Waals surface area (Å²) in [4.78, 5) is 26.1. The predicted octanol–water partition coefficient (Wildman–Crippen LogP) is 1.17. The van der Waals surface area contributed by atoms with Crippen LogP contribution in [-0.2, 0) is 6.42 Å². The molecule has 0 amide bonds. The van der Waals surface area contributed by atoms with Crippen LogP contribution in [-0.4, -0.2) is 16.2 Å². The smallest absolute Gasteiger partial charge is 0.442 e. The molecule has 2 heterocycles. The highest BCUT2D eigenvalue weighted by Gasteiger charge is 2.08. The van der Waals surface area contributed by atoms with Gasteiger partial charge in [-0.1, -0.05) is 17.7 Å². The molecule has 0 fully saturated rings. The summed E-state index contributed by atoms with van der Waals surface area (Å²) >= 11 is 0. The van der Waals surface area contributed by atoms with Gasteiger partial charge in [0.1, 0.15) is 5.75 Å². The molecule has 0 unspecified atom stereocenters. The first-order valence-electron chi connectivity index (χ1n) is 6.34. The molecular weight excluding hydrogens is 276 g/mol. The molecule has 7 nitrogen and oxygen atoms in total. The Balaban J connectivity index is 1.69. The van der Waals surface area contributed by atoms with Gasteiger partial charge in [0, 0.05) is 6.42 Å². The van der Waals surface area contributed by atoms with E-state index in [2.05, 4.69) is 4.98 Å². The van der Waals surface area contributed by atoms with Crippen LogP contribution in [0.1, 0.15) is 11.3 Å². The monoisotopic (exact) mass is 288 g/mol. The van der Waals surface area contributed by atoms with E-state index in [0.717, 1.165) is 15.9 Å². The van der Waals surface area contributed by atoms with Crippen LogP contribution >= 0.6 is 0 Å². The molecule has 0 radical (unpaired) electrons. The number of hydrogen-bond acceptors (Lipinski definition) is 6. The molecule has 0 saturated carbocycles.